The molecule has 0 bridgehead atoms. The van der Waals surface area contributed by atoms with Gasteiger partial charge in [0, 0.05) is 0 Å². The molecule has 0 spiro atoms. The van der Waals surface area contributed by atoms with E-state index in [4.69, 9.17) is 0 Å². The number of benzene rings is 10. The van der Waals surface area contributed by atoms with Crippen LogP contribution in [0.25, 0.3) is 0 Å². The molecule has 0 aliphatic carbocycles. The smallest absolute Gasteiger partial charge is 0.0687 e. The first-order valence-electron chi connectivity index (χ1n) is 21.5. The Morgan fingerprint density at radius 1 is 0.206 bits per heavy atom. The van der Waals surface area contributed by atoms with E-state index in [1.54, 1.807) is 0 Å². The summed E-state index contributed by atoms with van der Waals surface area (Å²) in [6, 6.07) is 108. The van der Waals surface area contributed by atoms with Crippen molar-refractivity contribution in [2.75, 3.05) is 0 Å². The van der Waals surface area contributed by atoms with Gasteiger partial charge >= 0.3 is 0 Å². The van der Waals surface area contributed by atoms with Gasteiger partial charge in [0.05, 0.1) is 0 Å². The van der Waals surface area contributed by atoms with Gasteiger partial charge in [-0.25, -0.2) is 0 Å². The summed E-state index contributed by atoms with van der Waals surface area (Å²) < 4.78 is 0. The van der Waals surface area contributed by atoms with Gasteiger partial charge in [-0.1, -0.05) is 271 Å². The fourth-order valence-electron chi connectivity index (χ4n) is 8.19. The molecule has 3 heteroatoms. The molecule has 0 saturated heterocycles. The van der Waals surface area contributed by atoms with Gasteiger partial charge in [-0.2, -0.15) is 0 Å². The molecule has 0 unspecified atom stereocenters. The monoisotopic (exact) mass is 843 g/mol. The van der Waals surface area contributed by atoms with E-state index >= 15 is 0 Å². The Morgan fingerprint density at radius 2 is 0.381 bits per heavy atom. The third-order valence-corrected chi connectivity index (χ3v) is 17.8. The van der Waals surface area contributed by atoms with Gasteiger partial charge < -0.3 is 0 Å². The second kappa shape index (κ2) is 22.3. The topological polar surface area (TPSA) is 0 Å². The van der Waals surface area contributed by atoms with Gasteiger partial charge in [0.1, 0.15) is 28.5 Å². The molecule has 0 aromatic heterocycles. The molecule has 0 aliphatic heterocycles. The molecular formula is C60H50BP2+. The first kappa shape index (κ1) is 42.8. The van der Waals surface area contributed by atoms with Crippen molar-refractivity contribution in [3.63, 3.8) is 0 Å². The lowest BCUT2D eigenvalue weighted by Gasteiger charge is -2.27. The summed E-state index contributed by atoms with van der Waals surface area (Å²) in [6.45, 7) is 0.309. The normalized spacial score (nSPS) is 10.7. The fourth-order valence-corrected chi connectivity index (χ4v) is 14.8. The van der Waals surface area contributed by atoms with Crippen LogP contribution in [0.2, 0.25) is 0 Å². The first-order valence-corrected chi connectivity index (χ1v) is 24.7. The summed E-state index contributed by atoms with van der Waals surface area (Å²) >= 11 is 0. The molecule has 0 heterocycles. The van der Waals surface area contributed by atoms with E-state index in [0.717, 1.165) is 0 Å². The Morgan fingerprint density at radius 3 is 0.587 bits per heavy atom. The fraction of sp³-hybridized carbons (Fsp3) is 0. The highest BCUT2D eigenvalue weighted by Gasteiger charge is 2.47. The lowest BCUT2D eigenvalue weighted by atomic mass is 9.37. The van der Waals surface area contributed by atoms with Crippen LogP contribution >= 0.6 is 15.2 Å². The summed E-state index contributed by atoms with van der Waals surface area (Å²) in [6.07, 6.45) is 0. The summed E-state index contributed by atoms with van der Waals surface area (Å²) in [5, 5.41) is 9.74. The van der Waals surface area contributed by atoms with Crippen LogP contribution in [0.15, 0.2) is 303 Å². The molecule has 0 radical (unpaired) electrons. The third kappa shape index (κ3) is 10.6. The highest BCUT2D eigenvalue weighted by molar-refractivity contribution is 8.01. The van der Waals surface area contributed by atoms with E-state index in [-0.39, 0.29) is 0 Å². The van der Waals surface area contributed by atoms with Crippen LogP contribution in [0, 0.1) is 0 Å². The van der Waals surface area contributed by atoms with Crippen LogP contribution in [-0.2, 0) is 0 Å². The second-order valence-corrected chi connectivity index (χ2v) is 20.6. The molecule has 0 atom stereocenters. The van der Waals surface area contributed by atoms with Gasteiger partial charge in [-0.15, -0.1) is 0 Å². The van der Waals surface area contributed by atoms with Crippen molar-refractivity contribution in [1.29, 1.82) is 0 Å². The van der Waals surface area contributed by atoms with Crippen molar-refractivity contribution in [1.82, 2.24) is 0 Å². The minimum atomic E-state index is -1.91. The summed E-state index contributed by atoms with van der Waals surface area (Å²) in [7, 11) is -2.35. The Kier molecular flexibility index (Phi) is 15.1. The quantitative estimate of drug-likeness (QED) is 0.0951. The van der Waals surface area contributed by atoms with E-state index in [9.17, 15) is 0 Å². The van der Waals surface area contributed by atoms with Crippen LogP contribution in [0.1, 0.15) is 0 Å². The molecule has 302 valence electrons. The number of hydrogen-bond donors (Lipinski definition) is 0. The van der Waals surface area contributed by atoms with E-state index < -0.39 is 15.2 Å². The van der Waals surface area contributed by atoms with Crippen LogP contribution < -0.4 is 53.5 Å². The Labute approximate surface area is 376 Å². The maximum atomic E-state index is 2.28. The highest BCUT2D eigenvalue weighted by atomic mass is 31.2. The predicted octanol–water partition coefficient (Wildman–Crippen LogP) is 9.95. The molecule has 10 aromatic carbocycles. The van der Waals surface area contributed by atoms with Crippen LogP contribution in [0.5, 0.6) is 0 Å². The van der Waals surface area contributed by atoms with Gasteiger partial charge in [-0.3, -0.25) is 0 Å². The van der Waals surface area contributed by atoms with E-state index in [2.05, 4.69) is 303 Å². The summed E-state index contributed by atoms with van der Waals surface area (Å²) in [5.41, 5.74) is 4.00. The van der Waals surface area contributed by atoms with Crippen molar-refractivity contribution >= 4 is 75.4 Å². The predicted molar refractivity (Wildman–Crippen MR) is 280 cm³/mol. The molecule has 0 aliphatic rings. The zero-order valence-corrected chi connectivity index (χ0v) is 37.1. The molecule has 0 nitrogen and oxygen atoms in total. The van der Waals surface area contributed by atoms with Gasteiger partial charge in [-0.05, 0) is 72.4 Å². The van der Waals surface area contributed by atoms with Crippen molar-refractivity contribution in [2.24, 2.45) is 0 Å². The van der Waals surface area contributed by atoms with Crippen molar-refractivity contribution in [3.8, 4) is 0 Å². The Hall–Kier alpha value is -6.88. The molecule has 10 aromatic rings. The standard InChI is InChI=1S/C24H20P.C18H15B.C18H15P/c1-5-13-21(14-6-1)25(22-15-7-2-8-16-22,23-17-9-3-10-18-23)24-19-11-4-12-20-24;2*1-4-10-16(11-5-1)19(17-12-6-2-7-13-17)18-14-8-3-9-15-18/h1-20H;2*1-15H/q+1;;. The van der Waals surface area contributed by atoms with Crippen LogP contribution in [-0.4, -0.2) is 6.71 Å². The molecular weight excluding hydrogens is 793 g/mol. The first-order chi connectivity index (χ1) is 31.3. The summed E-state index contributed by atoms with van der Waals surface area (Å²) in [4.78, 5) is 0. The second-order valence-electron chi connectivity index (χ2n) is 15.0. The molecule has 10 rings (SSSR count). The Bertz CT molecular complexity index is 2310. The van der Waals surface area contributed by atoms with E-state index in [0.29, 0.717) is 6.71 Å². The third-order valence-electron chi connectivity index (χ3n) is 11.0. The van der Waals surface area contributed by atoms with Gasteiger partial charge in [0.25, 0.3) is 0 Å². The van der Waals surface area contributed by atoms with Crippen LogP contribution in [0.4, 0.5) is 0 Å². The lowest BCUT2D eigenvalue weighted by molar-refractivity contribution is 1.71. The summed E-state index contributed by atoms with van der Waals surface area (Å²) in [5.74, 6) is 0. The minimum Gasteiger partial charge on any atom is -0.0687 e. The van der Waals surface area contributed by atoms with Gasteiger partial charge in [0.15, 0.2) is 0 Å². The Balaban J connectivity index is 0.000000132. The minimum absolute atomic E-state index is 0.309. The average molecular weight is 844 g/mol. The SMILES string of the molecule is c1ccc(B(c2ccccc2)c2ccccc2)cc1.c1ccc(P(c2ccccc2)c2ccccc2)cc1.c1ccc([P+](c2ccccc2)(c2ccccc2)c2ccccc2)cc1. The number of rotatable bonds is 10. The highest BCUT2D eigenvalue weighted by Crippen LogP contribution is 2.54. The number of hydrogen-bond acceptors (Lipinski definition) is 0. The maximum Gasteiger partial charge on any atom is 0.241 e. The van der Waals surface area contributed by atoms with Crippen LogP contribution in [0.3, 0.4) is 0 Å². The van der Waals surface area contributed by atoms with E-state index in [1.807, 2.05) is 0 Å². The average Bonchev–Trinajstić information content (AvgIpc) is 3.38. The largest absolute Gasteiger partial charge is 0.241 e. The van der Waals surface area contributed by atoms with Crippen molar-refractivity contribution in [3.05, 3.63) is 303 Å². The zero-order valence-electron chi connectivity index (χ0n) is 35.3. The molecule has 0 N–H and O–H groups in total. The van der Waals surface area contributed by atoms with Crippen molar-refractivity contribution in [2.45, 2.75) is 0 Å². The molecule has 63 heavy (non-hydrogen) atoms. The molecule has 0 saturated carbocycles. The molecule has 0 fully saturated rings. The van der Waals surface area contributed by atoms with Crippen molar-refractivity contribution < 1.29 is 0 Å². The van der Waals surface area contributed by atoms with Gasteiger partial charge in [0.2, 0.25) is 6.71 Å². The molecule has 0 amide bonds. The maximum absolute atomic E-state index is 2.28. The lowest BCUT2D eigenvalue weighted by Crippen LogP contribution is -2.51. The zero-order chi connectivity index (χ0) is 42.8. The van der Waals surface area contributed by atoms with E-state index in [1.165, 1.54) is 53.5 Å².